The summed E-state index contributed by atoms with van der Waals surface area (Å²) in [6.07, 6.45) is 3.50. The van der Waals surface area contributed by atoms with E-state index in [1.807, 2.05) is 18.2 Å². The van der Waals surface area contributed by atoms with Crippen LogP contribution in [0.1, 0.15) is 29.6 Å². The molecule has 0 radical (unpaired) electrons. The Kier molecular flexibility index (Phi) is 2.57. The van der Waals surface area contributed by atoms with E-state index in [-0.39, 0.29) is 11.4 Å². The van der Waals surface area contributed by atoms with Gasteiger partial charge in [0.2, 0.25) is 0 Å². The summed E-state index contributed by atoms with van der Waals surface area (Å²) in [6, 6.07) is 5.57. The van der Waals surface area contributed by atoms with Crippen molar-refractivity contribution in [3.05, 3.63) is 27.3 Å². The summed E-state index contributed by atoms with van der Waals surface area (Å²) >= 11 is 2.20. The van der Waals surface area contributed by atoms with E-state index in [2.05, 4.69) is 27.9 Å². The number of hydrogen-bond acceptors (Lipinski definition) is 2. The molecule has 0 aliphatic heterocycles. The van der Waals surface area contributed by atoms with Crippen LogP contribution in [0.5, 0.6) is 5.75 Å². The zero-order valence-corrected chi connectivity index (χ0v) is 11.8. The fourth-order valence-electron chi connectivity index (χ4n) is 2.75. The average molecular weight is 343 g/mol. The molecule has 4 rings (SSSR count). The Hall–Kier alpha value is -0.780. The number of rotatable bonds is 3. The van der Waals surface area contributed by atoms with Crippen molar-refractivity contribution >= 4 is 28.5 Å². The third-order valence-corrected chi connectivity index (χ3v) is 4.72. The van der Waals surface area contributed by atoms with Crippen LogP contribution in [0.15, 0.2) is 18.2 Å². The zero-order valence-electron chi connectivity index (χ0n) is 9.63. The molecule has 3 aliphatic carbocycles. The van der Waals surface area contributed by atoms with E-state index in [0.717, 1.165) is 15.2 Å². The minimum Gasteiger partial charge on any atom is -0.496 e. The van der Waals surface area contributed by atoms with Crippen LogP contribution < -0.4 is 10.1 Å². The molecular formula is C13H14INO2. The number of benzene rings is 1. The van der Waals surface area contributed by atoms with Gasteiger partial charge in [-0.3, -0.25) is 4.79 Å². The largest absolute Gasteiger partial charge is 0.496 e. The fraction of sp³-hybridized carbons (Fsp3) is 0.462. The van der Waals surface area contributed by atoms with Crippen LogP contribution in [0.2, 0.25) is 0 Å². The fourth-order valence-corrected chi connectivity index (χ4v) is 3.30. The summed E-state index contributed by atoms with van der Waals surface area (Å²) in [6.45, 7) is 0. The molecule has 3 fully saturated rings. The Morgan fingerprint density at radius 2 is 2.18 bits per heavy atom. The number of halogens is 1. The molecule has 4 heteroatoms. The first-order valence-electron chi connectivity index (χ1n) is 5.78. The van der Waals surface area contributed by atoms with E-state index in [9.17, 15) is 4.79 Å². The molecule has 0 saturated heterocycles. The standard InChI is InChI=1S/C13H14INO2/c1-17-11-4-9(2-3-10(11)14)12(16)15-13-5-8(6-13)7-13/h2-4,8H,5-7H2,1H3,(H,15,16). The van der Waals surface area contributed by atoms with Crippen molar-refractivity contribution < 1.29 is 9.53 Å². The molecule has 3 saturated carbocycles. The number of methoxy groups -OCH3 is 1. The Balaban J connectivity index is 1.76. The van der Waals surface area contributed by atoms with Crippen molar-refractivity contribution in [2.24, 2.45) is 5.92 Å². The Morgan fingerprint density at radius 1 is 1.47 bits per heavy atom. The predicted molar refractivity (Wildman–Crippen MR) is 73.2 cm³/mol. The zero-order chi connectivity index (χ0) is 12.0. The van der Waals surface area contributed by atoms with Gasteiger partial charge in [0.15, 0.2) is 0 Å². The smallest absolute Gasteiger partial charge is 0.251 e. The molecule has 3 nitrogen and oxygen atoms in total. The maximum atomic E-state index is 12.1. The van der Waals surface area contributed by atoms with E-state index in [4.69, 9.17) is 4.74 Å². The summed E-state index contributed by atoms with van der Waals surface area (Å²) in [5.74, 6) is 1.66. The minimum absolute atomic E-state index is 0.0258. The maximum absolute atomic E-state index is 12.1. The van der Waals surface area contributed by atoms with Gasteiger partial charge >= 0.3 is 0 Å². The maximum Gasteiger partial charge on any atom is 0.251 e. The lowest BCUT2D eigenvalue weighted by Gasteiger charge is -2.61. The first-order valence-corrected chi connectivity index (χ1v) is 6.86. The van der Waals surface area contributed by atoms with Crippen LogP contribution in [0.25, 0.3) is 0 Å². The lowest BCUT2D eigenvalue weighted by molar-refractivity contribution is -0.0438. The highest BCUT2D eigenvalue weighted by Crippen LogP contribution is 2.56. The molecule has 1 N–H and O–H groups in total. The highest BCUT2D eigenvalue weighted by molar-refractivity contribution is 14.1. The van der Waals surface area contributed by atoms with Crippen LogP contribution in [-0.4, -0.2) is 18.6 Å². The molecule has 17 heavy (non-hydrogen) atoms. The second-order valence-corrected chi connectivity index (χ2v) is 6.22. The molecule has 1 amide bonds. The monoisotopic (exact) mass is 343 g/mol. The van der Waals surface area contributed by atoms with Gasteiger partial charge in [0, 0.05) is 11.1 Å². The van der Waals surface area contributed by atoms with Gasteiger partial charge in [0.1, 0.15) is 5.75 Å². The molecule has 0 heterocycles. The summed E-state index contributed by atoms with van der Waals surface area (Å²) in [5, 5.41) is 3.15. The molecule has 2 bridgehead atoms. The van der Waals surface area contributed by atoms with Gasteiger partial charge in [-0.2, -0.15) is 0 Å². The van der Waals surface area contributed by atoms with Gasteiger partial charge in [-0.15, -0.1) is 0 Å². The molecule has 1 aromatic rings. The van der Waals surface area contributed by atoms with Gasteiger partial charge in [0.05, 0.1) is 10.7 Å². The SMILES string of the molecule is COc1cc(C(=O)NC23CC(C2)C3)ccc1I. The second-order valence-electron chi connectivity index (χ2n) is 5.06. The van der Waals surface area contributed by atoms with Crippen molar-refractivity contribution in [1.29, 1.82) is 0 Å². The van der Waals surface area contributed by atoms with Gasteiger partial charge < -0.3 is 10.1 Å². The molecule has 1 aromatic carbocycles. The lowest BCUT2D eigenvalue weighted by Crippen LogP contribution is -2.68. The third-order valence-electron chi connectivity index (χ3n) is 3.83. The van der Waals surface area contributed by atoms with Gasteiger partial charge in [-0.05, 0) is 66.0 Å². The van der Waals surface area contributed by atoms with E-state index in [1.54, 1.807) is 7.11 Å². The third kappa shape index (κ3) is 1.82. The summed E-state index contributed by atoms with van der Waals surface area (Å²) < 4.78 is 6.25. The molecule has 90 valence electrons. The van der Waals surface area contributed by atoms with Gasteiger partial charge in [-0.25, -0.2) is 0 Å². The number of carbonyl (C=O) groups excluding carboxylic acids is 1. The lowest BCUT2D eigenvalue weighted by atomic mass is 9.50. The van der Waals surface area contributed by atoms with E-state index < -0.39 is 0 Å². The molecule has 0 unspecified atom stereocenters. The van der Waals surface area contributed by atoms with Crippen molar-refractivity contribution in [3.8, 4) is 5.75 Å². The van der Waals surface area contributed by atoms with Crippen LogP contribution in [0.3, 0.4) is 0 Å². The highest BCUT2D eigenvalue weighted by atomic mass is 127. The van der Waals surface area contributed by atoms with E-state index in [1.165, 1.54) is 19.3 Å². The van der Waals surface area contributed by atoms with Crippen molar-refractivity contribution in [2.45, 2.75) is 24.8 Å². The number of hydrogen-bond donors (Lipinski definition) is 1. The summed E-state index contributed by atoms with van der Waals surface area (Å²) in [5.41, 5.74) is 0.824. The molecule has 0 aromatic heterocycles. The topological polar surface area (TPSA) is 38.3 Å². The Morgan fingerprint density at radius 3 is 2.71 bits per heavy atom. The number of amides is 1. The highest BCUT2D eigenvalue weighted by Gasteiger charge is 2.57. The molecule has 3 aliphatic rings. The van der Waals surface area contributed by atoms with Crippen molar-refractivity contribution in [1.82, 2.24) is 5.32 Å². The second kappa shape index (κ2) is 3.86. The minimum atomic E-state index is 0.0258. The normalized spacial score (nSPS) is 28.9. The van der Waals surface area contributed by atoms with Crippen molar-refractivity contribution in [3.63, 3.8) is 0 Å². The van der Waals surface area contributed by atoms with Gasteiger partial charge in [-0.1, -0.05) is 0 Å². The first-order chi connectivity index (χ1) is 8.12. The van der Waals surface area contributed by atoms with Crippen molar-refractivity contribution in [2.75, 3.05) is 7.11 Å². The Labute approximate surface area is 114 Å². The Bertz CT molecular complexity index is 469. The number of nitrogens with one attached hydrogen (secondary N) is 1. The number of carbonyl (C=O) groups is 1. The van der Waals surface area contributed by atoms with E-state index >= 15 is 0 Å². The van der Waals surface area contributed by atoms with Crippen LogP contribution in [0, 0.1) is 9.49 Å². The van der Waals surface area contributed by atoms with Crippen LogP contribution in [0.4, 0.5) is 0 Å². The van der Waals surface area contributed by atoms with Gasteiger partial charge in [0.25, 0.3) is 5.91 Å². The molecular weight excluding hydrogens is 329 g/mol. The number of ether oxygens (including phenoxy) is 1. The molecule has 0 spiro atoms. The van der Waals surface area contributed by atoms with Crippen LogP contribution >= 0.6 is 22.6 Å². The summed E-state index contributed by atoms with van der Waals surface area (Å²) in [4.78, 5) is 12.1. The summed E-state index contributed by atoms with van der Waals surface area (Å²) in [7, 11) is 1.63. The average Bonchev–Trinajstić information content (AvgIpc) is 2.22. The molecule has 0 atom stereocenters. The van der Waals surface area contributed by atoms with Crippen LogP contribution in [-0.2, 0) is 0 Å². The first kappa shape index (κ1) is 11.3. The predicted octanol–water partition coefficient (Wildman–Crippen LogP) is 2.58. The quantitative estimate of drug-likeness (QED) is 0.857. The van der Waals surface area contributed by atoms with E-state index in [0.29, 0.717) is 5.56 Å².